The van der Waals surface area contributed by atoms with Crippen LogP contribution in [-0.4, -0.2) is 19.5 Å². The van der Waals surface area contributed by atoms with Gasteiger partial charge in [-0.25, -0.2) is 0 Å². The number of Topliss-reactive ketones (excluding diaryl/α,β-unsaturated/α-hetero) is 1. The lowest BCUT2D eigenvalue weighted by molar-refractivity contribution is -0.120. The van der Waals surface area contributed by atoms with Gasteiger partial charge in [-0.05, 0) is 12.3 Å². The second kappa shape index (κ2) is 5.31. The topological polar surface area (TPSA) is 26.3 Å². The van der Waals surface area contributed by atoms with Gasteiger partial charge in [-0.1, -0.05) is 19.3 Å². The highest BCUT2D eigenvalue weighted by Crippen LogP contribution is 2.29. The SMILES string of the molecule is COCCCC(=O)CC1CCC1. The molecule has 0 atom stereocenters. The minimum atomic E-state index is 0.428. The largest absolute Gasteiger partial charge is 0.385 e. The normalized spacial score (nSPS) is 17.4. The van der Waals surface area contributed by atoms with Gasteiger partial charge in [0.05, 0.1) is 0 Å². The molecule has 2 heteroatoms. The van der Waals surface area contributed by atoms with Gasteiger partial charge in [0.15, 0.2) is 0 Å². The number of ketones is 1. The van der Waals surface area contributed by atoms with Crippen molar-refractivity contribution in [3.05, 3.63) is 0 Å². The molecule has 0 aromatic rings. The van der Waals surface area contributed by atoms with Crippen LogP contribution < -0.4 is 0 Å². The Morgan fingerprint density at radius 2 is 2.25 bits per heavy atom. The first-order valence-electron chi connectivity index (χ1n) is 4.83. The highest BCUT2D eigenvalue weighted by Gasteiger charge is 2.19. The molecule has 70 valence electrons. The van der Waals surface area contributed by atoms with E-state index in [2.05, 4.69) is 0 Å². The Bertz CT molecular complexity index is 139. The zero-order valence-electron chi connectivity index (χ0n) is 7.84. The molecule has 2 nitrogen and oxygen atoms in total. The summed E-state index contributed by atoms with van der Waals surface area (Å²) < 4.78 is 4.89. The fourth-order valence-electron chi connectivity index (χ4n) is 1.53. The maximum atomic E-state index is 11.3. The first kappa shape index (κ1) is 9.72. The Labute approximate surface area is 74.3 Å². The van der Waals surface area contributed by atoms with E-state index in [-0.39, 0.29) is 0 Å². The lowest BCUT2D eigenvalue weighted by atomic mass is 9.81. The summed E-state index contributed by atoms with van der Waals surface area (Å²) in [5.41, 5.74) is 0. The van der Waals surface area contributed by atoms with Crippen LogP contribution in [0.25, 0.3) is 0 Å². The van der Waals surface area contributed by atoms with Crippen LogP contribution in [0.3, 0.4) is 0 Å². The number of methoxy groups -OCH3 is 1. The molecule has 0 bridgehead atoms. The molecule has 1 saturated carbocycles. The molecule has 1 aliphatic rings. The smallest absolute Gasteiger partial charge is 0.133 e. The molecular formula is C10H18O2. The van der Waals surface area contributed by atoms with Gasteiger partial charge in [0, 0.05) is 26.6 Å². The van der Waals surface area contributed by atoms with Gasteiger partial charge < -0.3 is 4.74 Å². The van der Waals surface area contributed by atoms with Crippen molar-refractivity contribution >= 4 is 5.78 Å². The highest BCUT2D eigenvalue weighted by molar-refractivity contribution is 5.78. The molecular weight excluding hydrogens is 152 g/mol. The van der Waals surface area contributed by atoms with E-state index in [4.69, 9.17) is 4.74 Å². The molecule has 0 spiro atoms. The van der Waals surface area contributed by atoms with Crippen molar-refractivity contribution in [1.82, 2.24) is 0 Å². The van der Waals surface area contributed by atoms with Crippen LogP contribution >= 0.6 is 0 Å². The summed E-state index contributed by atoms with van der Waals surface area (Å²) in [4.78, 5) is 11.3. The van der Waals surface area contributed by atoms with Gasteiger partial charge >= 0.3 is 0 Å². The minimum absolute atomic E-state index is 0.428. The van der Waals surface area contributed by atoms with Gasteiger partial charge in [-0.3, -0.25) is 4.79 Å². The summed E-state index contributed by atoms with van der Waals surface area (Å²) in [7, 11) is 1.68. The highest BCUT2D eigenvalue weighted by atomic mass is 16.5. The third-order valence-electron chi connectivity index (χ3n) is 2.55. The van der Waals surface area contributed by atoms with Gasteiger partial charge in [0.1, 0.15) is 5.78 Å². The maximum Gasteiger partial charge on any atom is 0.133 e. The Morgan fingerprint density at radius 1 is 1.50 bits per heavy atom. The van der Waals surface area contributed by atoms with Crippen molar-refractivity contribution in [3.8, 4) is 0 Å². The molecule has 0 N–H and O–H groups in total. The predicted octanol–water partition coefficient (Wildman–Crippen LogP) is 2.17. The number of carbonyl (C=O) groups excluding carboxylic acids is 1. The Balaban J connectivity index is 1.95. The Morgan fingerprint density at radius 3 is 2.75 bits per heavy atom. The van der Waals surface area contributed by atoms with Crippen LogP contribution in [0.2, 0.25) is 0 Å². The molecule has 0 heterocycles. The van der Waals surface area contributed by atoms with E-state index in [0.29, 0.717) is 12.2 Å². The molecule has 0 unspecified atom stereocenters. The lowest BCUT2D eigenvalue weighted by Crippen LogP contribution is -2.15. The van der Waals surface area contributed by atoms with Crippen molar-refractivity contribution in [1.29, 1.82) is 0 Å². The van der Waals surface area contributed by atoms with Crippen molar-refractivity contribution < 1.29 is 9.53 Å². The number of carbonyl (C=O) groups is 1. The van der Waals surface area contributed by atoms with Crippen LogP contribution in [0.4, 0.5) is 0 Å². The summed E-state index contributed by atoms with van der Waals surface area (Å²) >= 11 is 0. The molecule has 1 rings (SSSR count). The fraction of sp³-hybridized carbons (Fsp3) is 0.900. The van der Waals surface area contributed by atoms with E-state index in [9.17, 15) is 4.79 Å². The Hall–Kier alpha value is -0.370. The summed E-state index contributed by atoms with van der Waals surface area (Å²) in [6.45, 7) is 0.719. The van der Waals surface area contributed by atoms with E-state index in [1.807, 2.05) is 0 Å². The third kappa shape index (κ3) is 3.35. The molecule has 0 radical (unpaired) electrons. The van der Waals surface area contributed by atoms with Crippen LogP contribution in [-0.2, 0) is 9.53 Å². The first-order chi connectivity index (χ1) is 5.83. The zero-order chi connectivity index (χ0) is 8.81. The number of hydrogen-bond donors (Lipinski definition) is 0. The monoisotopic (exact) mass is 170 g/mol. The second-order valence-corrected chi connectivity index (χ2v) is 3.64. The van der Waals surface area contributed by atoms with Gasteiger partial charge in [0.25, 0.3) is 0 Å². The number of hydrogen-bond acceptors (Lipinski definition) is 2. The molecule has 0 saturated heterocycles. The van der Waals surface area contributed by atoms with E-state index < -0.39 is 0 Å². The Kier molecular flexibility index (Phi) is 4.30. The third-order valence-corrected chi connectivity index (χ3v) is 2.55. The minimum Gasteiger partial charge on any atom is -0.385 e. The quantitative estimate of drug-likeness (QED) is 0.571. The van der Waals surface area contributed by atoms with E-state index in [0.717, 1.165) is 25.4 Å². The molecule has 1 fully saturated rings. The molecule has 0 aromatic carbocycles. The van der Waals surface area contributed by atoms with Gasteiger partial charge in [-0.15, -0.1) is 0 Å². The lowest BCUT2D eigenvalue weighted by Gasteiger charge is -2.24. The summed E-state index contributed by atoms with van der Waals surface area (Å²) in [5.74, 6) is 1.15. The molecule has 12 heavy (non-hydrogen) atoms. The molecule has 1 aliphatic carbocycles. The average Bonchev–Trinajstić information content (AvgIpc) is 1.98. The second-order valence-electron chi connectivity index (χ2n) is 3.64. The number of ether oxygens (including phenoxy) is 1. The molecule has 0 aliphatic heterocycles. The first-order valence-corrected chi connectivity index (χ1v) is 4.83. The fourth-order valence-corrected chi connectivity index (χ4v) is 1.53. The van der Waals surface area contributed by atoms with Crippen LogP contribution in [0.1, 0.15) is 38.5 Å². The molecule has 0 amide bonds. The van der Waals surface area contributed by atoms with E-state index in [1.54, 1.807) is 7.11 Å². The van der Waals surface area contributed by atoms with Crippen LogP contribution in [0.5, 0.6) is 0 Å². The van der Waals surface area contributed by atoms with Crippen LogP contribution in [0, 0.1) is 5.92 Å². The standard InChI is InChI=1S/C10H18O2/c1-12-7-3-6-10(11)8-9-4-2-5-9/h9H,2-8H2,1H3. The number of rotatable bonds is 6. The van der Waals surface area contributed by atoms with Crippen molar-refractivity contribution in [2.24, 2.45) is 5.92 Å². The van der Waals surface area contributed by atoms with Crippen LogP contribution in [0.15, 0.2) is 0 Å². The summed E-state index contributed by atoms with van der Waals surface area (Å²) in [5, 5.41) is 0. The van der Waals surface area contributed by atoms with Crippen molar-refractivity contribution in [2.45, 2.75) is 38.5 Å². The van der Waals surface area contributed by atoms with Gasteiger partial charge in [0.2, 0.25) is 0 Å². The predicted molar refractivity (Wildman–Crippen MR) is 48.1 cm³/mol. The van der Waals surface area contributed by atoms with E-state index >= 15 is 0 Å². The zero-order valence-corrected chi connectivity index (χ0v) is 7.84. The maximum absolute atomic E-state index is 11.3. The van der Waals surface area contributed by atoms with Crippen molar-refractivity contribution in [3.63, 3.8) is 0 Å². The molecule has 0 aromatic heterocycles. The van der Waals surface area contributed by atoms with Gasteiger partial charge in [-0.2, -0.15) is 0 Å². The van der Waals surface area contributed by atoms with E-state index in [1.165, 1.54) is 19.3 Å². The summed E-state index contributed by atoms with van der Waals surface area (Å²) in [6, 6.07) is 0. The summed E-state index contributed by atoms with van der Waals surface area (Å²) in [6.07, 6.45) is 6.30. The average molecular weight is 170 g/mol. The van der Waals surface area contributed by atoms with Crippen molar-refractivity contribution in [2.75, 3.05) is 13.7 Å².